The van der Waals surface area contributed by atoms with E-state index in [4.69, 9.17) is 4.42 Å². The zero-order valence-corrected chi connectivity index (χ0v) is 13.3. The summed E-state index contributed by atoms with van der Waals surface area (Å²) in [7, 11) is 0. The summed E-state index contributed by atoms with van der Waals surface area (Å²) in [5.41, 5.74) is -0.570. The van der Waals surface area contributed by atoms with Gasteiger partial charge in [0.2, 0.25) is 5.91 Å². The first-order valence-corrected chi connectivity index (χ1v) is 7.79. The largest absolute Gasteiger partial charge is 0.459 e. The number of hydrogen-bond donors (Lipinski definition) is 0. The van der Waals surface area contributed by atoms with E-state index in [9.17, 15) is 18.4 Å². The molecule has 0 aliphatic carbocycles. The summed E-state index contributed by atoms with van der Waals surface area (Å²) in [6.45, 7) is 3.83. The third-order valence-corrected chi connectivity index (χ3v) is 4.84. The maximum absolute atomic E-state index is 14.3. The summed E-state index contributed by atoms with van der Waals surface area (Å²) in [6, 6.07) is 1.62. The Labute approximate surface area is 133 Å². The van der Waals surface area contributed by atoms with Gasteiger partial charge in [0.25, 0.3) is 11.8 Å². The molecule has 1 spiro atoms. The SMILES string of the molecule is CCN1CC[C@]2(CN(C(=O)c3occc3C)CC(F)(F)C2)C1=O. The van der Waals surface area contributed by atoms with Crippen LogP contribution in [-0.2, 0) is 4.79 Å². The number of nitrogens with zero attached hydrogens (tertiary/aromatic N) is 2. The fourth-order valence-corrected chi connectivity index (χ4v) is 3.69. The summed E-state index contributed by atoms with van der Waals surface area (Å²) in [6.07, 6.45) is 1.23. The van der Waals surface area contributed by atoms with Gasteiger partial charge in [-0.1, -0.05) is 0 Å². The third-order valence-electron chi connectivity index (χ3n) is 4.84. The number of piperidine rings is 1. The molecule has 1 aromatic heterocycles. The highest BCUT2D eigenvalue weighted by atomic mass is 19.3. The molecule has 2 fully saturated rings. The van der Waals surface area contributed by atoms with Crippen molar-refractivity contribution in [1.29, 1.82) is 0 Å². The maximum Gasteiger partial charge on any atom is 0.290 e. The normalized spacial score (nSPS) is 27.0. The number of rotatable bonds is 2. The number of carbonyl (C=O) groups is 2. The molecule has 1 atom stereocenters. The first kappa shape index (κ1) is 16.0. The predicted molar refractivity (Wildman–Crippen MR) is 78.2 cm³/mol. The van der Waals surface area contributed by atoms with Crippen LogP contribution in [0.15, 0.2) is 16.7 Å². The summed E-state index contributed by atoms with van der Waals surface area (Å²) in [5.74, 6) is -3.86. The summed E-state index contributed by atoms with van der Waals surface area (Å²) in [4.78, 5) is 27.8. The highest BCUT2D eigenvalue weighted by Gasteiger charge is 2.57. The molecule has 2 saturated heterocycles. The van der Waals surface area contributed by atoms with Crippen LogP contribution in [0.1, 0.15) is 35.9 Å². The van der Waals surface area contributed by atoms with Crippen LogP contribution in [0.3, 0.4) is 0 Å². The number of hydrogen-bond acceptors (Lipinski definition) is 3. The Morgan fingerprint density at radius 1 is 1.39 bits per heavy atom. The fourth-order valence-electron chi connectivity index (χ4n) is 3.69. The first-order valence-electron chi connectivity index (χ1n) is 7.79. The van der Waals surface area contributed by atoms with Gasteiger partial charge in [-0.15, -0.1) is 0 Å². The zero-order valence-electron chi connectivity index (χ0n) is 13.3. The van der Waals surface area contributed by atoms with Gasteiger partial charge in [-0.2, -0.15) is 0 Å². The zero-order chi connectivity index (χ0) is 16.8. The lowest BCUT2D eigenvalue weighted by atomic mass is 9.77. The molecule has 0 unspecified atom stereocenters. The highest BCUT2D eigenvalue weighted by molar-refractivity contribution is 5.94. The van der Waals surface area contributed by atoms with Crippen molar-refractivity contribution < 1.29 is 22.8 Å². The van der Waals surface area contributed by atoms with Crippen LogP contribution < -0.4 is 0 Å². The van der Waals surface area contributed by atoms with Gasteiger partial charge in [0.1, 0.15) is 0 Å². The Balaban J connectivity index is 1.90. The van der Waals surface area contributed by atoms with E-state index in [0.717, 1.165) is 4.90 Å². The van der Waals surface area contributed by atoms with Crippen molar-refractivity contribution in [2.24, 2.45) is 5.41 Å². The lowest BCUT2D eigenvalue weighted by molar-refractivity contribution is -0.151. The molecule has 2 aliphatic heterocycles. The molecule has 0 saturated carbocycles. The summed E-state index contributed by atoms with van der Waals surface area (Å²) < 4.78 is 33.7. The minimum absolute atomic E-state index is 0.0247. The van der Waals surface area contributed by atoms with Gasteiger partial charge in [0, 0.05) is 31.6 Å². The second kappa shape index (κ2) is 5.32. The van der Waals surface area contributed by atoms with E-state index in [2.05, 4.69) is 0 Å². The van der Waals surface area contributed by atoms with E-state index in [-0.39, 0.29) is 18.2 Å². The monoisotopic (exact) mass is 326 g/mol. The number of halogens is 2. The van der Waals surface area contributed by atoms with Gasteiger partial charge >= 0.3 is 0 Å². The number of amides is 2. The van der Waals surface area contributed by atoms with E-state index in [0.29, 0.717) is 25.1 Å². The lowest BCUT2D eigenvalue weighted by Gasteiger charge is -2.42. The second-order valence-electron chi connectivity index (χ2n) is 6.54. The Morgan fingerprint density at radius 3 is 2.70 bits per heavy atom. The van der Waals surface area contributed by atoms with Gasteiger partial charge in [-0.25, -0.2) is 8.78 Å². The second-order valence-corrected chi connectivity index (χ2v) is 6.54. The molecule has 126 valence electrons. The topological polar surface area (TPSA) is 53.8 Å². The lowest BCUT2D eigenvalue weighted by Crippen LogP contribution is -2.57. The molecule has 0 aromatic carbocycles. The molecule has 2 aliphatic rings. The van der Waals surface area contributed by atoms with Crippen LogP contribution in [0.2, 0.25) is 0 Å². The third kappa shape index (κ3) is 2.62. The standard InChI is InChI=1S/C16H20F2N2O3/c1-3-19-6-5-15(14(19)22)8-16(17,18)10-20(9-15)13(21)12-11(2)4-7-23-12/h4,7H,3,5-6,8-10H2,1-2H3/t15-/m0/s1. The summed E-state index contributed by atoms with van der Waals surface area (Å²) >= 11 is 0. The van der Waals surface area contributed by atoms with E-state index in [1.807, 2.05) is 6.92 Å². The molecule has 2 amide bonds. The average molecular weight is 326 g/mol. The molecule has 23 heavy (non-hydrogen) atoms. The van der Waals surface area contributed by atoms with Crippen molar-refractivity contribution in [3.8, 4) is 0 Å². The number of alkyl halides is 2. The van der Waals surface area contributed by atoms with Gasteiger partial charge in [-0.05, 0) is 26.3 Å². The van der Waals surface area contributed by atoms with Crippen LogP contribution in [-0.4, -0.2) is 53.7 Å². The van der Waals surface area contributed by atoms with Crippen LogP contribution in [0.25, 0.3) is 0 Å². The molecule has 5 nitrogen and oxygen atoms in total. The minimum atomic E-state index is -3.08. The molecule has 1 aromatic rings. The van der Waals surface area contributed by atoms with Crippen LogP contribution in [0, 0.1) is 12.3 Å². The molecular weight excluding hydrogens is 306 g/mol. The van der Waals surface area contributed by atoms with Crippen LogP contribution in [0.5, 0.6) is 0 Å². The molecule has 3 rings (SSSR count). The molecule has 0 radical (unpaired) electrons. The Bertz CT molecular complexity index is 643. The van der Waals surface area contributed by atoms with Gasteiger partial charge < -0.3 is 14.2 Å². The number of aryl methyl sites for hydroxylation is 1. The Morgan fingerprint density at radius 2 is 2.13 bits per heavy atom. The minimum Gasteiger partial charge on any atom is -0.459 e. The van der Waals surface area contributed by atoms with Crippen LogP contribution in [0.4, 0.5) is 8.78 Å². The van der Waals surface area contributed by atoms with E-state index >= 15 is 0 Å². The first-order chi connectivity index (χ1) is 10.8. The number of likely N-dealkylation sites (tertiary alicyclic amines) is 2. The quantitative estimate of drug-likeness (QED) is 0.838. The molecule has 0 N–H and O–H groups in total. The van der Waals surface area contributed by atoms with Crippen molar-refractivity contribution in [2.75, 3.05) is 26.2 Å². The molecular formula is C16H20F2N2O3. The fraction of sp³-hybridized carbons (Fsp3) is 0.625. The van der Waals surface area contributed by atoms with Crippen molar-refractivity contribution in [3.05, 3.63) is 23.7 Å². The number of carbonyl (C=O) groups excluding carboxylic acids is 2. The molecule has 7 heteroatoms. The maximum atomic E-state index is 14.3. The van der Waals surface area contributed by atoms with Crippen molar-refractivity contribution in [3.63, 3.8) is 0 Å². The van der Waals surface area contributed by atoms with Crippen molar-refractivity contribution >= 4 is 11.8 Å². The Hall–Kier alpha value is -1.92. The Kier molecular flexibility index (Phi) is 3.69. The smallest absolute Gasteiger partial charge is 0.290 e. The van der Waals surface area contributed by atoms with E-state index < -0.39 is 30.2 Å². The van der Waals surface area contributed by atoms with Gasteiger partial charge in [0.15, 0.2) is 5.76 Å². The highest BCUT2D eigenvalue weighted by Crippen LogP contribution is 2.45. The van der Waals surface area contributed by atoms with Gasteiger partial charge in [-0.3, -0.25) is 9.59 Å². The molecule has 0 bridgehead atoms. The number of furan rings is 1. The average Bonchev–Trinajstić information content (AvgIpc) is 3.02. The molecule has 3 heterocycles. The predicted octanol–water partition coefficient (Wildman–Crippen LogP) is 2.31. The summed E-state index contributed by atoms with van der Waals surface area (Å²) in [5, 5.41) is 0. The van der Waals surface area contributed by atoms with Crippen LogP contribution >= 0.6 is 0 Å². The van der Waals surface area contributed by atoms with E-state index in [1.54, 1.807) is 17.9 Å². The van der Waals surface area contributed by atoms with E-state index in [1.165, 1.54) is 6.26 Å². The van der Waals surface area contributed by atoms with Crippen molar-refractivity contribution in [1.82, 2.24) is 9.80 Å². The van der Waals surface area contributed by atoms with Gasteiger partial charge in [0.05, 0.1) is 18.2 Å². The van der Waals surface area contributed by atoms with Crippen molar-refractivity contribution in [2.45, 2.75) is 32.6 Å².